The van der Waals surface area contributed by atoms with Gasteiger partial charge in [0.05, 0.1) is 12.6 Å². The Balaban J connectivity index is 0.00000133. The molecule has 0 unspecified atom stereocenters. The fourth-order valence-corrected chi connectivity index (χ4v) is 5.47. The molecule has 0 aliphatic carbocycles. The first-order chi connectivity index (χ1) is 16.3. The van der Waals surface area contributed by atoms with Gasteiger partial charge in [0.1, 0.15) is 12.2 Å². The predicted octanol–water partition coefficient (Wildman–Crippen LogP) is 6.53. The van der Waals surface area contributed by atoms with Crippen molar-refractivity contribution in [3.05, 3.63) is 0 Å². The van der Waals surface area contributed by atoms with E-state index in [1.54, 1.807) is 0 Å². The van der Waals surface area contributed by atoms with Crippen LogP contribution in [0.5, 0.6) is 0 Å². The summed E-state index contributed by atoms with van der Waals surface area (Å²) >= 11 is 0. The highest BCUT2D eigenvalue weighted by molar-refractivity contribution is 5.62. The minimum atomic E-state index is -0.833. The van der Waals surface area contributed by atoms with E-state index in [0.29, 0.717) is 6.04 Å². The van der Waals surface area contributed by atoms with Crippen molar-refractivity contribution in [1.82, 2.24) is 4.90 Å². The highest BCUT2D eigenvalue weighted by Gasteiger charge is 2.56. The number of hydrogen-bond donors (Lipinski definition) is 2. The van der Waals surface area contributed by atoms with Crippen molar-refractivity contribution in [2.24, 2.45) is 0 Å². The van der Waals surface area contributed by atoms with Crippen LogP contribution in [0.15, 0.2) is 0 Å². The van der Waals surface area contributed by atoms with Crippen LogP contribution < -0.4 is 0 Å². The number of aliphatic hydroxyl groups excluding tert-OH is 1. The molecule has 0 radical (unpaired) electrons. The molecule has 0 amide bonds. The van der Waals surface area contributed by atoms with Crippen molar-refractivity contribution >= 4 is 5.97 Å². The van der Waals surface area contributed by atoms with Crippen molar-refractivity contribution < 1.29 is 24.5 Å². The molecule has 2 aliphatic rings. The molecule has 2 aliphatic heterocycles. The fraction of sp³-hybridized carbons (Fsp3) is 0.964. The average Bonchev–Trinajstić information content (AvgIpc) is 3.21. The van der Waals surface area contributed by atoms with Gasteiger partial charge in [-0.1, -0.05) is 97.3 Å². The summed E-state index contributed by atoms with van der Waals surface area (Å²) in [5.41, 5.74) is 0. The van der Waals surface area contributed by atoms with Crippen LogP contribution in [0.4, 0.5) is 0 Å². The van der Waals surface area contributed by atoms with Crippen molar-refractivity contribution in [2.45, 2.75) is 161 Å². The molecule has 34 heavy (non-hydrogen) atoms. The number of aliphatic hydroxyl groups is 1. The number of nitrogens with zero attached hydrogens (tertiary/aromatic N) is 1. The molecule has 2 heterocycles. The molecular weight excluding hydrogens is 430 g/mol. The number of carbonyl (C=O) groups is 1. The van der Waals surface area contributed by atoms with Gasteiger partial charge in [0.25, 0.3) is 5.97 Å². The number of unbranched alkanes of at least 4 members (excludes halogenated alkanes) is 12. The van der Waals surface area contributed by atoms with Crippen molar-refractivity contribution in [3.63, 3.8) is 0 Å². The fourth-order valence-electron chi connectivity index (χ4n) is 5.47. The molecule has 0 aromatic carbocycles. The minimum absolute atomic E-state index is 0.0177. The molecule has 6 heteroatoms. The van der Waals surface area contributed by atoms with Gasteiger partial charge in [0, 0.05) is 13.0 Å². The zero-order valence-electron chi connectivity index (χ0n) is 22.9. The SMILES string of the molecule is CC(=O)O.CCCCCCCCC[C@@H]1[C@@H]2OC(C)(C)O[C@@H]2[C@@H](CO)N1CCCCCCCCC. The maximum atomic E-state index is 10.2. The maximum absolute atomic E-state index is 10.2. The molecule has 202 valence electrons. The largest absolute Gasteiger partial charge is 0.481 e. The number of ether oxygens (including phenoxy) is 2. The van der Waals surface area contributed by atoms with E-state index in [1.807, 2.05) is 13.8 Å². The Morgan fingerprint density at radius 1 is 0.765 bits per heavy atom. The summed E-state index contributed by atoms with van der Waals surface area (Å²) < 4.78 is 12.6. The molecule has 6 nitrogen and oxygen atoms in total. The predicted molar refractivity (Wildman–Crippen MR) is 139 cm³/mol. The van der Waals surface area contributed by atoms with Gasteiger partial charge in [-0.15, -0.1) is 0 Å². The van der Waals surface area contributed by atoms with Gasteiger partial charge in [-0.3, -0.25) is 9.69 Å². The summed E-state index contributed by atoms with van der Waals surface area (Å²) in [5.74, 6) is -1.35. The quantitative estimate of drug-likeness (QED) is 0.228. The third-order valence-electron chi connectivity index (χ3n) is 7.08. The van der Waals surface area contributed by atoms with Crippen LogP contribution in [0, 0.1) is 0 Å². The molecule has 0 saturated carbocycles. The van der Waals surface area contributed by atoms with Crippen molar-refractivity contribution in [2.75, 3.05) is 13.2 Å². The van der Waals surface area contributed by atoms with Gasteiger partial charge >= 0.3 is 0 Å². The summed E-state index contributed by atoms with van der Waals surface area (Å²) in [5, 5.41) is 17.6. The Hall–Kier alpha value is -0.690. The summed E-state index contributed by atoms with van der Waals surface area (Å²) in [6.07, 6.45) is 19.9. The molecule has 0 bridgehead atoms. The number of likely N-dealkylation sites (tertiary alicyclic amines) is 1. The van der Waals surface area contributed by atoms with Gasteiger partial charge in [-0.05, 0) is 33.2 Å². The summed E-state index contributed by atoms with van der Waals surface area (Å²) in [6.45, 7) is 10.9. The van der Waals surface area contributed by atoms with Gasteiger partial charge in [0.2, 0.25) is 0 Å². The minimum Gasteiger partial charge on any atom is -0.481 e. The van der Waals surface area contributed by atoms with Gasteiger partial charge in [-0.2, -0.15) is 0 Å². The van der Waals surface area contributed by atoms with E-state index in [2.05, 4.69) is 18.7 Å². The first kappa shape index (κ1) is 31.3. The second-order valence-electron chi connectivity index (χ2n) is 10.7. The van der Waals surface area contributed by atoms with Gasteiger partial charge in [0.15, 0.2) is 5.79 Å². The average molecular weight is 486 g/mol. The van der Waals surface area contributed by atoms with Gasteiger partial charge < -0.3 is 19.7 Å². The van der Waals surface area contributed by atoms with E-state index in [1.165, 1.54) is 96.3 Å². The molecule has 2 saturated heterocycles. The molecule has 2 rings (SSSR count). The summed E-state index contributed by atoms with van der Waals surface area (Å²) in [6, 6.07) is 0.482. The lowest BCUT2D eigenvalue weighted by Gasteiger charge is -2.33. The van der Waals surface area contributed by atoms with E-state index < -0.39 is 11.8 Å². The van der Waals surface area contributed by atoms with Crippen LogP contribution in [-0.2, 0) is 14.3 Å². The lowest BCUT2D eigenvalue weighted by molar-refractivity contribution is -0.170. The number of aliphatic carboxylic acids is 1. The van der Waals surface area contributed by atoms with Crippen LogP contribution in [0.1, 0.15) is 131 Å². The molecule has 0 aromatic heterocycles. The Kier molecular flexibility index (Phi) is 16.3. The third kappa shape index (κ3) is 11.8. The number of fused-ring (bicyclic) bond motifs is 1. The van der Waals surface area contributed by atoms with E-state index in [9.17, 15) is 5.11 Å². The Bertz CT molecular complexity index is 523. The number of carboxylic acids is 1. The van der Waals surface area contributed by atoms with Crippen LogP contribution in [0.3, 0.4) is 0 Å². The van der Waals surface area contributed by atoms with Crippen LogP contribution in [-0.4, -0.2) is 64.3 Å². The number of hydrogen-bond acceptors (Lipinski definition) is 5. The third-order valence-corrected chi connectivity index (χ3v) is 7.08. The second-order valence-corrected chi connectivity index (χ2v) is 10.7. The van der Waals surface area contributed by atoms with Gasteiger partial charge in [-0.25, -0.2) is 0 Å². The van der Waals surface area contributed by atoms with Crippen molar-refractivity contribution in [1.29, 1.82) is 0 Å². The lowest BCUT2D eigenvalue weighted by atomic mass is 10.0. The van der Waals surface area contributed by atoms with Crippen molar-refractivity contribution in [3.8, 4) is 0 Å². The smallest absolute Gasteiger partial charge is 0.300 e. The van der Waals surface area contributed by atoms with Crippen LogP contribution in [0.2, 0.25) is 0 Å². The highest BCUT2D eigenvalue weighted by atomic mass is 16.8. The van der Waals surface area contributed by atoms with E-state index in [4.69, 9.17) is 19.4 Å². The van der Waals surface area contributed by atoms with E-state index in [-0.39, 0.29) is 24.9 Å². The van der Waals surface area contributed by atoms with E-state index >= 15 is 0 Å². The maximum Gasteiger partial charge on any atom is 0.300 e. The lowest BCUT2D eigenvalue weighted by Crippen LogP contribution is -2.45. The van der Waals surface area contributed by atoms with Crippen LogP contribution in [0.25, 0.3) is 0 Å². The Labute approximate surface area is 209 Å². The second kappa shape index (κ2) is 17.7. The standard InChI is InChI=1S/C26H51NO3.C2H4O2/c1-5-7-9-11-13-15-17-19-22-24-25(30-26(3,4)29-24)23(21-28)27(22)20-18-16-14-12-10-8-6-2;1-2(3)4/h22-25,28H,5-21H2,1-4H3;1H3,(H,3,4)/t22-,23-,24+,25-;/m1./s1. The molecule has 2 fully saturated rings. The summed E-state index contributed by atoms with van der Waals surface area (Å²) in [7, 11) is 0. The zero-order valence-corrected chi connectivity index (χ0v) is 22.9. The van der Waals surface area contributed by atoms with Crippen LogP contribution >= 0.6 is 0 Å². The molecule has 0 spiro atoms. The molecule has 2 N–H and O–H groups in total. The normalized spacial score (nSPS) is 25.7. The number of rotatable bonds is 17. The zero-order chi connectivity index (χ0) is 25.4. The monoisotopic (exact) mass is 485 g/mol. The highest BCUT2D eigenvalue weighted by Crippen LogP contribution is 2.42. The summed E-state index contributed by atoms with van der Waals surface area (Å²) in [4.78, 5) is 11.5. The Morgan fingerprint density at radius 2 is 1.18 bits per heavy atom. The number of carboxylic acid groups (broad SMARTS) is 1. The topological polar surface area (TPSA) is 79.2 Å². The first-order valence-corrected chi connectivity index (χ1v) is 14.2. The molecule has 4 atom stereocenters. The first-order valence-electron chi connectivity index (χ1n) is 14.2. The van der Waals surface area contributed by atoms with E-state index in [0.717, 1.165) is 13.5 Å². The molecule has 0 aromatic rings. The Morgan fingerprint density at radius 3 is 1.65 bits per heavy atom. The molecular formula is C28H55NO5.